The van der Waals surface area contributed by atoms with Crippen LogP contribution in [0, 0.1) is 0 Å². The molecule has 6 heteroatoms. The molecule has 0 aromatic carbocycles. The molecule has 1 saturated heterocycles. The quantitative estimate of drug-likeness (QED) is 0.492. The number of aromatic nitrogens is 1. The fourth-order valence-electron chi connectivity index (χ4n) is 2.66. The molecular formula is C13H24N6. The second-order valence-electron chi connectivity index (χ2n) is 5.38. The van der Waals surface area contributed by atoms with Crippen LogP contribution in [0.15, 0.2) is 18.3 Å². The Labute approximate surface area is 114 Å². The van der Waals surface area contributed by atoms with Gasteiger partial charge in [0, 0.05) is 37.9 Å². The number of rotatable bonds is 4. The highest BCUT2D eigenvalue weighted by Gasteiger charge is 2.29. The molecule has 0 spiro atoms. The van der Waals surface area contributed by atoms with Gasteiger partial charge in [0.2, 0.25) is 0 Å². The van der Waals surface area contributed by atoms with Crippen LogP contribution in [-0.4, -0.2) is 60.6 Å². The van der Waals surface area contributed by atoms with Gasteiger partial charge in [-0.3, -0.25) is 16.2 Å². The Balaban J connectivity index is 2.06. The zero-order chi connectivity index (χ0) is 13.8. The van der Waals surface area contributed by atoms with E-state index in [-0.39, 0.29) is 6.04 Å². The number of nitrogens with two attached hydrogens (primary N) is 2. The van der Waals surface area contributed by atoms with Crippen LogP contribution in [-0.2, 0) is 6.42 Å². The number of nitrogens with zero attached hydrogens (tertiary/aromatic N) is 3. The van der Waals surface area contributed by atoms with Crippen LogP contribution in [0.25, 0.3) is 0 Å². The van der Waals surface area contributed by atoms with Gasteiger partial charge in [0.15, 0.2) is 0 Å². The van der Waals surface area contributed by atoms with Crippen LogP contribution in [0.3, 0.4) is 0 Å². The van der Waals surface area contributed by atoms with Crippen LogP contribution < -0.4 is 17.0 Å². The molecule has 1 fully saturated rings. The van der Waals surface area contributed by atoms with E-state index in [0.717, 1.165) is 31.6 Å². The van der Waals surface area contributed by atoms with Gasteiger partial charge in [0.05, 0.1) is 0 Å². The topological polar surface area (TPSA) is 83.4 Å². The lowest BCUT2D eigenvalue weighted by Gasteiger charge is -2.41. The van der Waals surface area contributed by atoms with Gasteiger partial charge in [-0.05, 0) is 38.2 Å². The maximum atomic E-state index is 5.76. The summed E-state index contributed by atoms with van der Waals surface area (Å²) in [5.41, 5.74) is 9.85. The predicted molar refractivity (Wildman–Crippen MR) is 77.4 cm³/mol. The van der Waals surface area contributed by atoms with Gasteiger partial charge in [0.25, 0.3) is 0 Å². The number of hydrazine groups is 1. The van der Waals surface area contributed by atoms with Gasteiger partial charge in [-0.15, -0.1) is 0 Å². The molecule has 1 aliphatic heterocycles. The van der Waals surface area contributed by atoms with Crippen molar-refractivity contribution in [2.24, 2.45) is 5.84 Å². The van der Waals surface area contributed by atoms with E-state index in [0.29, 0.717) is 11.9 Å². The molecule has 2 rings (SSSR count). The molecule has 0 aliphatic carbocycles. The van der Waals surface area contributed by atoms with Crippen LogP contribution in [0.4, 0.5) is 5.82 Å². The Kier molecular flexibility index (Phi) is 4.71. The molecule has 0 saturated carbocycles. The number of likely N-dealkylation sites (N-methyl/N-ethyl adjacent to an activating group) is 2. The molecule has 5 N–H and O–H groups in total. The van der Waals surface area contributed by atoms with Crippen molar-refractivity contribution in [2.45, 2.75) is 18.5 Å². The molecule has 0 radical (unpaired) electrons. The van der Waals surface area contributed by atoms with Crippen LogP contribution >= 0.6 is 0 Å². The number of hydrogen-bond donors (Lipinski definition) is 3. The van der Waals surface area contributed by atoms with Gasteiger partial charge < -0.3 is 10.6 Å². The highest BCUT2D eigenvalue weighted by molar-refractivity contribution is 5.32. The summed E-state index contributed by atoms with van der Waals surface area (Å²) in [5, 5.41) is 0. The summed E-state index contributed by atoms with van der Waals surface area (Å²) in [6.45, 7) is 3.19. The second-order valence-corrected chi connectivity index (χ2v) is 5.38. The average Bonchev–Trinajstić information content (AvgIpc) is 2.39. The summed E-state index contributed by atoms with van der Waals surface area (Å²) in [7, 11) is 4.31. The van der Waals surface area contributed by atoms with Gasteiger partial charge in [0.1, 0.15) is 5.82 Å². The average molecular weight is 264 g/mol. The third-order valence-corrected chi connectivity index (χ3v) is 3.88. The summed E-state index contributed by atoms with van der Waals surface area (Å²) in [6.07, 6.45) is 2.60. The molecular weight excluding hydrogens is 240 g/mol. The Morgan fingerprint density at radius 1 is 1.47 bits per heavy atom. The zero-order valence-corrected chi connectivity index (χ0v) is 11.7. The largest absolute Gasteiger partial charge is 0.384 e. The van der Waals surface area contributed by atoms with Crippen molar-refractivity contribution in [3.8, 4) is 0 Å². The Morgan fingerprint density at radius 3 is 2.95 bits per heavy atom. The van der Waals surface area contributed by atoms with E-state index >= 15 is 0 Å². The van der Waals surface area contributed by atoms with Gasteiger partial charge in [-0.25, -0.2) is 4.98 Å². The van der Waals surface area contributed by atoms with E-state index in [2.05, 4.69) is 34.3 Å². The SMILES string of the molecule is CN1CCN(C)C(C(Cc2ccnc(N)c2)NN)C1. The fourth-order valence-corrected chi connectivity index (χ4v) is 2.66. The van der Waals surface area contributed by atoms with Crippen molar-refractivity contribution in [1.29, 1.82) is 0 Å². The van der Waals surface area contributed by atoms with Gasteiger partial charge in [-0.2, -0.15) is 0 Å². The van der Waals surface area contributed by atoms with E-state index in [1.165, 1.54) is 0 Å². The summed E-state index contributed by atoms with van der Waals surface area (Å²) in [5.74, 6) is 6.31. The first kappa shape index (κ1) is 14.2. The van der Waals surface area contributed by atoms with Crippen molar-refractivity contribution in [2.75, 3.05) is 39.5 Å². The molecule has 1 aliphatic rings. The number of piperazine rings is 1. The van der Waals surface area contributed by atoms with Crippen molar-refractivity contribution in [3.05, 3.63) is 23.9 Å². The number of hydrogen-bond acceptors (Lipinski definition) is 6. The highest BCUT2D eigenvalue weighted by Crippen LogP contribution is 2.14. The van der Waals surface area contributed by atoms with Gasteiger partial charge >= 0.3 is 0 Å². The Morgan fingerprint density at radius 2 is 2.26 bits per heavy atom. The minimum absolute atomic E-state index is 0.203. The molecule has 2 unspecified atom stereocenters. The number of pyridine rings is 1. The molecule has 106 valence electrons. The predicted octanol–water partition coefficient (Wildman–Crippen LogP) is -0.716. The minimum atomic E-state index is 0.203. The smallest absolute Gasteiger partial charge is 0.123 e. The van der Waals surface area contributed by atoms with Crippen LogP contribution in [0.1, 0.15) is 5.56 Å². The molecule has 0 bridgehead atoms. The molecule has 1 aromatic rings. The molecule has 2 atom stereocenters. The van der Waals surface area contributed by atoms with E-state index in [9.17, 15) is 0 Å². The van der Waals surface area contributed by atoms with Crippen molar-refractivity contribution in [3.63, 3.8) is 0 Å². The van der Waals surface area contributed by atoms with Crippen molar-refractivity contribution < 1.29 is 0 Å². The zero-order valence-electron chi connectivity index (χ0n) is 11.7. The maximum absolute atomic E-state index is 5.76. The van der Waals surface area contributed by atoms with E-state index < -0.39 is 0 Å². The first-order chi connectivity index (χ1) is 9.10. The van der Waals surface area contributed by atoms with Crippen molar-refractivity contribution >= 4 is 5.82 Å². The first-order valence-corrected chi connectivity index (χ1v) is 6.65. The third-order valence-electron chi connectivity index (χ3n) is 3.88. The third kappa shape index (κ3) is 3.63. The molecule has 19 heavy (non-hydrogen) atoms. The van der Waals surface area contributed by atoms with Crippen LogP contribution in [0.2, 0.25) is 0 Å². The van der Waals surface area contributed by atoms with E-state index in [4.69, 9.17) is 11.6 Å². The number of nitrogen functional groups attached to an aromatic ring is 1. The monoisotopic (exact) mass is 264 g/mol. The lowest BCUT2D eigenvalue weighted by atomic mass is 9.97. The number of nitrogens with one attached hydrogen (secondary N) is 1. The molecule has 2 heterocycles. The highest BCUT2D eigenvalue weighted by atomic mass is 15.3. The Bertz CT molecular complexity index is 410. The normalized spacial score (nSPS) is 23.4. The molecule has 1 aromatic heterocycles. The summed E-state index contributed by atoms with van der Waals surface area (Å²) < 4.78 is 0. The van der Waals surface area contributed by atoms with Gasteiger partial charge in [-0.1, -0.05) is 0 Å². The minimum Gasteiger partial charge on any atom is -0.384 e. The first-order valence-electron chi connectivity index (χ1n) is 6.65. The summed E-state index contributed by atoms with van der Waals surface area (Å²) >= 11 is 0. The van der Waals surface area contributed by atoms with E-state index in [1.807, 2.05) is 12.1 Å². The standard InChI is InChI=1S/C13H24N6/c1-18-5-6-19(2)12(9-18)11(17-15)7-10-3-4-16-13(14)8-10/h3-4,8,11-12,17H,5-7,9,15H2,1-2H3,(H2,14,16). The lowest BCUT2D eigenvalue weighted by Crippen LogP contribution is -2.60. The van der Waals surface area contributed by atoms with E-state index in [1.54, 1.807) is 6.20 Å². The molecule has 0 amide bonds. The fraction of sp³-hybridized carbons (Fsp3) is 0.615. The summed E-state index contributed by atoms with van der Waals surface area (Å²) in [6, 6.07) is 4.51. The molecule has 6 nitrogen and oxygen atoms in total. The maximum Gasteiger partial charge on any atom is 0.123 e. The number of anilines is 1. The Hall–Kier alpha value is -1.21. The summed E-state index contributed by atoms with van der Waals surface area (Å²) in [4.78, 5) is 8.73. The van der Waals surface area contributed by atoms with Crippen molar-refractivity contribution in [1.82, 2.24) is 20.2 Å². The van der Waals surface area contributed by atoms with Crippen LogP contribution in [0.5, 0.6) is 0 Å². The second kappa shape index (κ2) is 6.29. The lowest BCUT2D eigenvalue weighted by molar-refractivity contribution is 0.0877.